The molecule has 0 aliphatic carbocycles. The van der Waals surface area contributed by atoms with E-state index in [4.69, 9.17) is 16.6 Å². The van der Waals surface area contributed by atoms with Gasteiger partial charge in [0.1, 0.15) is 0 Å². The number of unbranched alkanes of at least 4 members (excludes halogenated alkanes) is 1. The Balaban J connectivity index is 2.91. The Bertz CT molecular complexity index is 456. The van der Waals surface area contributed by atoms with E-state index >= 15 is 0 Å². The van der Waals surface area contributed by atoms with Crippen LogP contribution in [0.15, 0.2) is 24.3 Å². The lowest BCUT2D eigenvalue weighted by molar-refractivity contribution is -0.140. The van der Waals surface area contributed by atoms with Crippen LogP contribution in [0.4, 0.5) is 0 Å². The normalized spacial score (nSPS) is 13.8. The van der Waals surface area contributed by atoms with Crippen molar-refractivity contribution in [3.8, 4) is 0 Å². The molecule has 0 spiro atoms. The Hall–Kier alpha value is -1.72. The zero-order valence-electron chi connectivity index (χ0n) is 11.1. The third kappa shape index (κ3) is 3.39. The molecule has 0 saturated carbocycles. The molecule has 0 aliphatic heterocycles. The van der Waals surface area contributed by atoms with Crippen LogP contribution in [0.2, 0.25) is 0 Å². The number of carboxylic acids is 1. The van der Waals surface area contributed by atoms with Crippen molar-refractivity contribution >= 4 is 11.8 Å². The largest absolute Gasteiger partial charge is 0.479 e. The fourth-order valence-electron chi connectivity index (χ4n) is 1.74. The Labute approximate surface area is 112 Å². The Morgan fingerprint density at radius 2 is 1.84 bits per heavy atom. The summed E-state index contributed by atoms with van der Waals surface area (Å²) in [5.74, 6) is -2.07. The number of aryl methyl sites for hydroxylation is 1. The molecule has 5 heteroatoms. The molecule has 0 radical (unpaired) electrons. The number of rotatable bonds is 7. The van der Waals surface area contributed by atoms with Crippen LogP contribution in [0.1, 0.15) is 35.7 Å². The third-order valence-corrected chi connectivity index (χ3v) is 3.14. The number of hydrogen-bond donors (Lipinski definition) is 3. The molecule has 0 amide bonds. The predicted octanol–water partition coefficient (Wildman–Crippen LogP) is 0.953. The molecule has 0 aromatic heterocycles. The van der Waals surface area contributed by atoms with E-state index < -0.39 is 23.8 Å². The van der Waals surface area contributed by atoms with Crippen molar-refractivity contribution < 1.29 is 14.7 Å². The highest BCUT2D eigenvalue weighted by Crippen LogP contribution is 2.13. The lowest BCUT2D eigenvalue weighted by Gasteiger charge is -2.21. The summed E-state index contributed by atoms with van der Waals surface area (Å²) in [6.45, 7) is 1.67. The van der Waals surface area contributed by atoms with Gasteiger partial charge < -0.3 is 16.6 Å². The number of ketones is 1. The minimum Gasteiger partial charge on any atom is -0.479 e. The van der Waals surface area contributed by atoms with E-state index in [1.54, 1.807) is 12.1 Å². The van der Waals surface area contributed by atoms with E-state index in [9.17, 15) is 9.59 Å². The van der Waals surface area contributed by atoms with Crippen LogP contribution >= 0.6 is 0 Å². The molecule has 104 valence electrons. The van der Waals surface area contributed by atoms with Crippen molar-refractivity contribution in [3.63, 3.8) is 0 Å². The van der Waals surface area contributed by atoms with Crippen molar-refractivity contribution in [2.75, 3.05) is 6.54 Å². The second-order valence-electron chi connectivity index (χ2n) is 4.61. The Morgan fingerprint density at radius 1 is 1.26 bits per heavy atom. The van der Waals surface area contributed by atoms with Crippen molar-refractivity contribution in [3.05, 3.63) is 35.4 Å². The second kappa shape index (κ2) is 6.45. The minimum atomic E-state index is -2.05. The van der Waals surface area contributed by atoms with Gasteiger partial charge in [0.2, 0.25) is 0 Å². The first-order valence-corrected chi connectivity index (χ1v) is 6.31. The van der Waals surface area contributed by atoms with Crippen LogP contribution in [0, 0.1) is 0 Å². The number of hydrogen-bond acceptors (Lipinski definition) is 4. The zero-order chi connectivity index (χ0) is 14.5. The van der Waals surface area contributed by atoms with E-state index in [1.807, 2.05) is 12.1 Å². The van der Waals surface area contributed by atoms with Gasteiger partial charge in [0, 0.05) is 12.1 Å². The zero-order valence-corrected chi connectivity index (χ0v) is 11.1. The van der Waals surface area contributed by atoms with E-state index in [2.05, 4.69) is 6.92 Å². The highest BCUT2D eigenvalue weighted by Gasteiger charge is 2.41. The maximum atomic E-state index is 12.1. The van der Waals surface area contributed by atoms with Crippen molar-refractivity contribution in [2.45, 2.75) is 31.7 Å². The first-order valence-electron chi connectivity index (χ1n) is 6.31. The monoisotopic (exact) mass is 264 g/mol. The average Bonchev–Trinajstić information content (AvgIpc) is 2.43. The molecular formula is C14H20N2O3. The van der Waals surface area contributed by atoms with E-state index in [1.165, 1.54) is 0 Å². The van der Waals surface area contributed by atoms with E-state index in [0.717, 1.165) is 24.8 Å². The molecule has 1 unspecified atom stereocenters. The number of carboxylic acid groups (broad SMARTS) is 1. The number of carbonyl (C=O) groups excluding carboxylic acids is 1. The standard InChI is InChI=1S/C14H20N2O3/c1-2-3-4-10-5-7-11(8-6-10)12(17)14(16,9-15)13(18)19/h5-8H,2-4,9,15-16H2,1H3,(H,18,19). The number of benzene rings is 1. The van der Waals surface area contributed by atoms with Gasteiger partial charge in [-0.1, -0.05) is 37.6 Å². The molecule has 1 atom stereocenters. The summed E-state index contributed by atoms with van der Waals surface area (Å²) < 4.78 is 0. The Morgan fingerprint density at radius 3 is 2.26 bits per heavy atom. The lowest BCUT2D eigenvalue weighted by Crippen LogP contribution is -2.60. The summed E-state index contributed by atoms with van der Waals surface area (Å²) in [7, 11) is 0. The molecule has 5 nitrogen and oxygen atoms in total. The molecule has 1 aromatic rings. The lowest BCUT2D eigenvalue weighted by atomic mass is 9.90. The van der Waals surface area contributed by atoms with Crippen molar-refractivity contribution in [1.82, 2.24) is 0 Å². The molecule has 1 aromatic carbocycles. The minimum absolute atomic E-state index is 0.274. The number of nitrogens with two attached hydrogens (primary N) is 2. The first kappa shape index (κ1) is 15.3. The van der Waals surface area contributed by atoms with Crippen LogP contribution in [0.3, 0.4) is 0 Å². The number of Topliss-reactive ketones (excluding diaryl/α,β-unsaturated/α-hetero) is 1. The van der Waals surface area contributed by atoms with E-state index in [-0.39, 0.29) is 5.56 Å². The molecular weight excluding hydrogens is 244 g/mol. The van der Waals surface area contributed by atoms with Gasteiger partial charge in [0.15, 0.2) is 11.3 Å². The van der Waals surface area contributed by atoms with Crippen molar-refractivity contribution in [1.29, 1.82) is 0 Å². The molecule has 0 heterocycles. The fraction of sp³-hybridized carbons (Fsp3) is 0.429. The smallest absolute Gasteiger partial charge is 0.333 e. The molecule has 0 saturated heterocycles. The topological polar surface area (TPSA) is 106 Å². The maximum Gasteiger partial charge on any atom is 0.333 e. The van der Waals surface area contributed by atoms with Gasteiger partial charge >= 0.3 is 5.97 Å². The number of carbonyl (C=O) groups is 2. The van der Waals surface area contributed by atoms with Gasteiger partial charge in [-0.15, -0.1) is 0 Å². The molecule has 5 N–H and O–H groups in total. The van der Waals surface area contributed by atoms with Gasteiger partial charge in [-0.05, 0) is 18.4 Å². The van der Waals surface area contributed by atoms with Gasteiger partial charge in [-0.3, -0.25) is 4.79 Å². The molecule has 1 rings (SSSR count). The SMILES string of the molecule is CCCCc1ccc(C(=O)C(N)(CN)C(=O)O)cc1. The summed E-state index contributed by atoms with van der Waals surface area (Å²) in [6.07, 6.45) is 3.11. The Kier molecular flexibility index (Phi) is 5.20. The first-order chi connectivity index (χ1) is 8.95. The van der Waals surface area contributed by atoms with E-state index in [0.29, 0.717) is 0 Å². The molecule has 0 aliphatic rings. The van der Waals surface area contributed by atoms with Crippen LogP contribution in [-0.2, 0) is 11.2 Å². The second-order valence-corrected chi connectivity index (χ2v) is 4.61. The van der Waals surface area contributed by atoms with Gasteiger partial charge in [-0.2, -0.15) is 0 Å². The van der Waals surface area contributed by atoms with Crippen molar-refractivity contribution in [2.24, 2.45) is 11.5 Å². The van der Waals surface area contributed by atoms with Crippen LogP contribution < -0.4 is 11.5 Å². The quantitative estimate of drug-likeness (QED) is 0.502. The maximum absolute atomic E-state index is 12.1. The third-order valence-electron chi connectivity index (χ3n) is 3.14. The summed E-state index contributed by atoms with van der Waals surface area (Å²) in [6, 6.07) is 6.85. The fourth-order valence-corrected chi connectivity index (χ4v) is 1.74. The van der Waals surface area contributed by atoms with Crippen LogP contribution in [0.25, 0.3) is 0 Å². The predicted molar refractivity (Wildman–Crippen MR) is 73.0 cm³/mol. The van der Waals surface area contributed by atoms with Crippen LogP contribution in [-0.4, -0.2) is 28.9 Å². The van der Waals surface area contributed by atoms with Gasteiger partial charge in [0.25, 0.3) is 0 Å². The highest BCUT2D eigenvalue weighted by molar-refractivity contribution is 6.16. The highest BCUT2D eigenvalue weighted by atomic mass is 16.4. The van der Waals surface area contributed by atoms with Crippen LogP contribution in [0.5, 0.6) is 0 Å². The average molecular weight is 264 g/mol. The molecule has 0 fully saturated rings. The molecule has 0 bridgehead atoms. The summed E-state index contributed by atoms with van der Waals surface area (Å²) in [5.41, 5.74) is 10.2. The van der Waals surface area contributed by atoms with Gasteiger partial charge in [-0.25, -0.2) is 4.79 Å². The summed E-state index contributed by atoms with van der Waals surface area (Å²) in [5, 5.41) is 9.01. The summed E-state index contributed by atoms with van der Waals surface area (Å²) in [4.78, 5) is 23.1. The summed E-state index contributed by atoms with van der Waals surface area (Å²) >= 11 is 0. The van der Waals surface area contributed by atoms with Gasteiger partial charge in [0.05, 0.1) is 0 Å². The number of aliphatic carboxylic acids is 1. The molecule has 19 heavy (non-hydrogen) atoms.